The molecule has 1 aromatic rings. The van der Waals surface area contributed by atoms with Gasteiger partial charge in [-0.05, 0) is 26.0 Å². The van der Waals surface area contributed by atoms with Crippen LogP contribution in [0.2, 0.25) is 0 Å². The number of rotatable bonds is 6. The third kappa shape index (κ3) is 4.10. The van der Waals surface area contributed by atoms with Gasteiger partial charge in [0.1, 0.15) is 17.6 Å². The number of anilines is 1. The van der Waals surface area contributed by atoms with Crippen LogP contribution in [0.1, 0.15) is 25.1 Å². The molecular formula is C13H16F3N3O. The Labute approximate surface area is 115 Å². The number of hydrogen-bond acceptors (Lipinski definition) is 4. The molecule has 110 valence electrons. The lowest BCUT2D eigenvalue weighted by Gasteiger charge is -2.23. The van der Waals surface area contributed by atoms with Gasteiger partial charge in [0, 0.05) is 19.7 Å². The van der Waals surface area contributed by atoms with E-state index in [0.717, 1.165) is 12.1 Å². The number of hydrogen-bond donors (Lipinski definition) is 0. The van der Waals surface area contributed by atoms with E-state index in [4.69, 9.17) is 10.00 Å². The summed E-state index contributed by atoms with van der Waals surface area (Å²) in [5.74, 6) is 0.0459. The van der Waals surface area contributed by atoms with Gasteiger partial charge >= 0.3 is 6.18 Å². The van der Waals surface area contributed by atoms with Crippen LogP contribution in [0.5, 0.6) is 0 Å². The minimum Gasteiger partial charge on any atom is -0.380 e. The highest BCUT2D eigenvalue weighted by molar-refractivity contribution is 5.54. The van der Waals surface area contributed by atoms with Crippen LogP contribution >= 0.6 is 0 Å². The minimum atomic E-state index is -4.53. The van der Waals surface area contributed by atoms with Crippen molar-refractivity contribution in [3.05, 3.63) is 23.4 Å². The summed E-state index contributed by atoms with van der Waals surface area (Å²) in [6.45, 7) is 5.34. The highest BCUT2D eigenvalue weighted by Crippen LogP contribution is 2.30. The van der Waals surface area contributed by atoms with Gasteiger partial charge in [0.05, 0.1) is 12.2 Å². The predicted octanol–water partition coefficient (Wildman–Crippen LogP) is 2.83. The Morgan fingerprint density at radius 3 is 2.55 bits per heavy atom. The highest BCUT2D eigenvalue weighted by Gasteiger charge is 2.33. The lowest BCUT2D eigenvalue weighted by molar-refractivity contribution is -0.141. The molecule has 7 heteroatoms. The number of halogens is 3. The van der Waals surface area contributed by atoms with Crippen molar-refractivity contribution >= 4 is 5.82 Å². The number of pyridine rings is 1. The number of ether oxygens (including phenoxy) is 1. The summed E-state index contributed by atoms with van der Waals surface area (Å²) >= 11 is 0. The smallest absolute Gasteiger partial charge is 0.380 e. The first-order valence-electron chi connectivity index (χ1n) is 6.25. The molecule has 0 aliphatic carbocycles. The van der Waals surface area contributed by atoms with Gasteiger partial charge in [-0.15, -0.1) is 0 Å². The van der Waals surface area contributed by atoms with Crippen molar-refractivity contribution in [1.29, 1.82) is 5.26 Å². The number of nitrogens with zero attached hydrogens (tertiary/aromatic N) is 3. The molecule has 0 saturated heterocycles. The first-order valence-corrected chi connectivity index (χ1v) is 6.25. The molecular weight excluding hydrogens is 271 g/mol. The van der Waals surface area contributed by atoms with Gasteiger partial charge in [0.15, 0.2) is 0 Å². The quantitative estimate of drug-likeness (QED) is 0.755. The van der Waals surface area contributed by atoms with Crippen molar-refractivity contribution in [2.45, 2.75) is 20.0 Å². The molecule has 0 aliphatic heterocycles. The van der Waals surface area contributed by atoms with Crippen LogP contribution in [0.4, 0.5) is 19.0 Å². The summed E-state index contributed by atoms with van der Waals surface area (Å²) in [7, 11) is 0. The standard InChI is InChI=1S/C13H16F3N3O/c1-3-19(7-8-20-4-2)12-10(9-17)5-6-11(18-12)13(14,15)16/h5-6H,3-4,7-8H2,1-2H3. The molecule has 0 unspecified atom stereocenters. The largest absolute Gasteiger partial charge is 0.433 e. The van der Waals surface area contributed by atoms with Crippen molar-refractivity contribution in [3.63, 3.8) is 0 Å². The molecule has 0 saturated carbocycles. The Morgan fingerprint density at radius 2 is 2.05 bits per heavy atom. The zero-order valence-electron chi connectivity index (χ0n) is 11.4. The molecule has 0 N–H and O–H groups in total. The maximum atomic E-state index is 12.7. The zero-order chi connectivity index (χ0) is 15.2. The zero-order valence-corrected chi connectivity index (χ0v) is 11.4. The van der Waals surface area contributed by atoms with E-state index in [1.54, 1.807) is 11.8 Å². The molecule has 0 atom stereocenters. The lowest BCUT2D eigenvalue weighted by Crippen LogP contribution is -2.29. The van der Waals surface area contributed by atoms with Gasteiger partial charge in [-0.1, -0.05) is 0 Å². The number of likely N-dealkylation sites (N-methyl/N-ethyl adjacent to an activating group) is 1. The van der Waals surface area contributed by atoms with Gasteiger partial charge in [0.25, 0.3) is 0 Å². The van der Waals surface area contributed by atoms with Crippen molar-refractivity contribution in [1.82, 2.24) is 4.98 Å². The maximum Gasteiger partial charge on any atom is 0.433 e. The molecule has 4 nitrogen and oxygen atoms in total. The van der Waals surface area contributed by atoms with Crippen LogP contribution in [0, 0.1) is 11.3 Å². The molecule has 0 radical (unpaired) electrons. The van der Waals surface area contributed by atoms with E-state index in [1.807, 2.05) is 13.0 Å². The molecule has 0 bridgehead atoms. The molecule has 1 aromatic heterocycles. The summed E-state index contributed by atoms with van der Waals surface area (Å²) in [6.07, 6.45) is -4.53. The van der Waals surface area contributed by atoms with Gasteiger partial charge in [-0.2, -0.15) is 18.4 Å². The minimum absolute atomic E-state index is 0.0459. The van der Waals surface area contributed by atoms with Crippen LogP contribution in [-0.2, 0) is 10.9 Å². The second kappa shape index (κ2) is 7.10. The van der Waals surface area contributed by atoms with Gasteiger partial charge in [-0.25, -0.2) is 4.98 Å². The third-order valence-corrected chi connectivity index (χ3v) is 2.68. The van der Waals surface area contributed by atoms with Gasteiger partial charge < -0.3 is 9.64 Å². The summed E-state index contributed by atoms with van der Waals surface area (Å²) in [5, 5.41) is 9.00. The molecule has 0 amide bonds. The van der Waals surface area contributed by atoms with Gasteiger partial charge in [-0.3, -0.25) is 0 Å². The highest BCUT2D eigenvalue weighted by atomic mass is 19.4. The van der Waals surface area contributed by atoms with Crippen molar-refractivity contribution in [2.75, 3.05) is 31.2 Å². The molecule has 0 fully saturated rings. The number of nitriles is 1. The second-order valence-electron chi connectivity index (χ2n) is 3.95. The Morgan fingerprint density at radius 1 is 1.35 bits per heavy atom. The molecule has 1 heterocycles. The molecule has 0 aliphatic rings. The fraction of sp³-hybridized carbons (Fsp3) is 0.538. The average molecular weight is 287 g/mol. The van der Waals surface area contributed by atoms with Crippen LogP contribution in [-0.4, -0.2) is 31.3 Å². The Bertz CT molecular complexity index is 483. The van der Waals surface area contributed by atoms with E-state index < -0.39 is 11.9 Å². The Balaban J connectivity index is 3.08. The van der Waals surface area contributed by atoms with Crippen molar-refractivity contribution in [3.8, 4) is 6.07 Å². The fourth-order valence-corrected chi connectivity index (χ4v) is 1.67. The fourth-order valence-electron chi connectivity index (χ4n) is 1.67. The Kier molecular flexibility index (Phi) is 5.77. The summed E-state index contributed by atoms with van der Waals surface area (Å²) < 4.78 is 43.3. The third-order valence-electron chi connectivity index (χ3n) is 2.68. The number of alkyl halides is 3. The van der Waals surface area contributed by atoms with E-state index in [9.17, 15) is 13.2 Å². The normalized spacial score (nSPS) is 11.2. The van der Waals surface area contributed by atoms with E-state index >= 15 is 0 Å². The van der Waals surface area contributed by atoms with Crippen LogP contribution in [0.25, 0.3) is 0 Å². The maximum absolute atomic E-state index is 12.7. The first kappa shape index (κ1) is 16.2. The molecule has 0 aromatic carbocycles. The van der Waals surface area contributed by atoms with Crippen molar-refractivity contribution < 1.29 is 17.9 Å². The average Bonchev–Trinajstić information content (AvgIpc) is 2.42. The Hall–Kier alpha value is -1.81. The molecule has 20 heavy (non-hydrogen) atoms. The lowest BCUT2D eigenvalue weighted by atomic mass is 10.2. The van der Waals surface area contributed by atoms with Crippen LogP contribution < -0.4 is 4.90 Å². The summed E-state index contributed by atoms with van der Waals surface area (Å²) in [5.41, 5.74) is -0.877. The second-order valence-corrected chi connectivity index (χ2v) is 3.95. The first-order chi connectivity index (χ1) is 9.43. The number of aromatic nitrogens is 1. The van der Waals surface area contributed by atoms with E-state index in [-0.39, 0.29) is 11.4 Å². The van der Waals surface area contributed by atoms with Crippen LogP contribution in [0.3, 0.4) is 0 Å². The van der Waals surface area contributed by atoms with Crippen LogP contribution in [0.15, 0.2) is 12.1 Å². The predicted molar refractivity (Wildman–Crippen MR) is 68.3 cm³/mol. The topological polar surface area (TPSA) is 49.1 Å². The monoisotopic (exact) mass is 287 g/mol. The van der Waals surface area contributed by atoms with E-state index in [1.165, 1.54) is 0 Å². The summed E-state index contributed by atoms with van der Waals surface area (Å²) in [4.78, 5) is 5.19. The van der Waals surface area contributed by atoms with Crippen molar-refractivity contribution in [2.24, 2.45) is 0 Å². The molecule has 1 rings (SSSR count). The summed E-state index contributed by atoms with van der Waals surface area (Å²) in [6, 6.07) is 3.83. The van der Waals surface area contributed by atoms with E-state index in [0.29, 0.717) is 26.3 Å². The SMILES string of the molecule is CCOCCN(CC)c1nc(C(F)(F)F)ccc1C#N. The molecule has 0 spiro atoms. The van der Waals surface area contributed by atoms with Gasteiger partial charge in [0.2, 0.25) is 0 Å². The van der Waals surface area contributed by atoms with E-state index in [2.05, 4.69) is 4.98 Å².